The molecule has 1 N–H and O–H groups in total. The van der Waals surface area contributed by atoms with E-state index >= 15 is 0 Å². The maximum absolute atomic E-state index is 11.3. The first kappa shape index (κ1) is 13.3. The van der Waals surface area contributed by atoms with Crippen molar-refractivity contribution in [3.8, 4) is 0 Å². The number of sulfone groups is 1. The molecule has 0 aromatic rings. The second-order valence-electron chi connectivity index (χ2n) is 4.07. The monoisotopic (exact) mass is 251 g/mol. The molecule has 0 spiro atoms. The van der Waals surface area contributed by atoms with Crippen LogP contribution in [0.2, 0.25) is 0 Å². The molecule has 1 rings (SSSR count). The third-order valence-electron chi connectivity index (χ3n) is 3.04. The molecule has 0 aliphatic carbocycles. The van der Waals surface area contributed by atoms with E-state index in [1.54, 1.807) is 6.92 Å². The Morgan fingerprint density at radius 3 is 2.73 bits per heavy atom. The molecule has 1 fully saturated rings. The molecule has 5 heteroatoms. The zero-order valence-electron chi connectivity index (χ0n) is 9.53. The summed E-state index contributed by atoms with van der Waals surface area (Å²) in [5.41, 5.74) is 0. The van der Waals surface area contributed by atoms with Crippen LogP contribution in [0.4, 0.5) is 0 Å². The second-order valence-corrected chi connectivity index (χ2v) is 7.62. The van der Waals surface area contributed by atoms with E-state index in [1.807, 2.05) is 18.8 Å². The van der Waals surface area contributed by atoms with Crippen LogP contribution < -0.4 is 5.32 Å². The minimum Gasteiger partial charge on any atom is -0.316 e. The molecule has 1 saturated heterocycles. The van der Waals surface area contributed by atoms with E-state index in [9.17, 15) is 8.42 Å². The van der Waals surface area contributed by atoms with E-state index in [-0.39, 0.29) is 5.75 Å². The van der Waals surface area contributed by atoms with Gasteiger partial charge in [-0.1, -0.05) is 6.92 Å². The Balaban J connectivity index is 2.25. The minimum absolute atomic E-state index is 0.280. The Hall–Kier alpha value is 0.260. The van der Waals surface area contributed by atoms with E-state index in [1.165, 1.54) is 11.5 Å². The number of hydrogen-bond donors (Lipinski definition) is 1. The van der Waals surface area contributed by atoms with Crippen LogP contribution in [-0.4, -0.2) is 44.5 Å². The lowest BCUT2D eigenvalue weighted by Crippen LogP contribution is -2.32. The lowest BCUT2D eigenvalue weighted by Gasteiger charge is -2.17. The van der Waals surface area contributed by atoms with Crippen molar-refractivity contribution in [2.75, 3.05) is 30.1 Å². The Morgan fingerprint density at radius 2 is 2.13 bits per heavy atom. The standard InChI is InChI=1S/C10H21NO2S2/c1-3-15(12,13)6-4-5-9-7-14-8-10(9)11-2/h9-11H,3-8H2,1-2H3. The molecule has 2 unspecified atom stereocenters. The highest BCUT2D eigenvalue weighted by Gasteiger charge is 2.26. The average Bonchev–Trinajstić information content (AvgIpc) is 2.65. The summed E-state index contributed by atoms with van der Waals surface area (Å²) in [6, 6.07) is 0.583. The molecule has 1 heterocycles. The number of nitrogens with one attached hydrogen (secondary N) is 1. The molecular formula is C10H21NO2S2. The van der Waals surface area contributed by atoms with Crippen molar-refractivity contribution < 1.29 is 8.42 Å². The van der Waals surface area contributed by atoms with Gasteiger partial charge >= 0.3 is 0 Å². The van der Waals surface area contributed by atoms with Crippen molar-refractivity contribution in [1.29, 1.82) is 0 Å². The number of rotatable bonds is 6. The molecule has 0 radical (unpaired) electrons. The van der Waals surface area contributed by atoms with Gasteiger partial charge in [-0.05, 0) is 31.6 Å². The van der Waals surface area contributed by atoms with E-state index < -0.39 is 9.84 Å². The second kappa shape index (κ2) is 6.11. The fourth-order valence-electron chi connectivity index (χ4n) is 1.91. The average molecular weight is 251 g/mol. The topological polar surface area (TPSA) is 46.2 Å². The predicted molar refractivity (Wildman–Crippen MR) is 67.2 cm³/mol. The minimum atomic E-state index is -2.76. The summed E-state index contributed by atoms with van der Waals surface area (Å²) in [6.45, 7) is 1.72. The summed E-state index contributed by atoms with van der Waals surface area (Å²) < 4.78 is 22.6. The van der Waals surface area contributed by atoms with Gasteiger partial charge in [0.1, 0.15) is 9.84 Å². The predicted octanol–water partition coefficient (Wildman–Crippen LogP) is 1.15. The third-order valence-corrected chi connectivity index (χ3v) is 6.09. The van der Waals surface area contributed by atoms with Gasteiger partial charge in [0.15, 0.2) is 0 Å². The molecule has 0 saturated carbocycles. The molecular weight excluding hydrogens is 230 g/mol. The largest absolute Gasteiger partial charge is 0.316 e. The molecule has 3 nitrogen and oxygen atoms in total. The van der Waals surface area contributed by atoms with Crippen LogP contribution in [0.15, 0.2) is 0 Å². The molecule has 90 valence electrons. The first-order valence-corrected chi connectivity index (χ1v) is 8.52. The molecule has 1 aliphatic heterocycles. The summed E-state index contributed by atoms with van der Waals surface area (Å²) in [7, 11) is -0.770. The highest BCUT2D eigenvalue weighted by Crippen LogP contribution is 2.27. The highest BCUT2D eigenvalue weighted by atomic mass is 32.2. The van der Waals surface area contributed by atoms with Crippen molar-refractivity contribution in [2.24, 2.45) is 5.92 Å². The summed E-state index contributed by atoms with van der Waals surface area (Å²) in [4.78, 5) is 0. The molecule has 0 bridgehead atoms. The number of thioether (sulfide) groups is 1. The van der Waals surface area contributed by atoms with Gasteiger partial charge in [0.2, 0.25) is 0 Å². The molecule has 1 aliphatic rings. The summed E-state index contributed by atoms with van der Waals surface area (Å²) >= 11 is 1.97. The smallest absolute Gasteiger partial charge is 0.150 e. The quantitative estimate of drug-likeness (QED) is 0.769. The first-order valence-electron chi connectivity index (χ1n) is 5.54. The van der Waals surface area contributed by atoms with Gasteiger partial charge in [-0.3, -0.25) is 0 Å². The van der Waals surface area contributed by atoms with Crippen LogP contribution in [0, 0.1) is 5.92 Å². The van der Waals surface area contributed by atoms with Gasteiger partial charge in [-0.25, -0.2) is 8.42 Å². The molecule has 0 amide bonds. The van der Waals surface area contributed by atoms with Crippen LogP contribution in [0.25, 0.3) is 0 Å². The van der Waals surface area contributed by atoms with Crippen LogP contribution in [0.3, 0.4) is 0 Å². The Morgan fingerprint density at radius 1 is 1.40 bits per heavy atom. The van der Waals surface area contributed by atoms with Crippen molar-refractivity contribution in [1.82, 2.24) is 5.32 Å². The van der Waals surface area contributed by atoms with E-state index in [2.05, 4.69) is 5.32 Å². The molecule has 2 atom stereocenters. The summed E-state index contributed by atoms with van der Waals surface area (Å²) in [5.74, 6) is 3.65. The van der Waals surface area contributed by atoms with Gasteiger partial charge in [0, 0.05) is 17.5 Å². The molecule has 0 aromatic carbocycles. The summed E-state index contributed by atoms with van der Waals surface area (Å²) in [6.07, 6.45) is 1.86. The SMILES string of the molecule is CCS(=O)(=O)CCCC1CSCC1NC. The Bertz CT molecular complexity index is 277. The van der Waals surface area contributed by atoms with Gasteiger partial charge in [0.05, 0.1) is 5.75 Å². The van der Waals surface area contributed by atoms with Crippen molar-refractivity contribution in [2.45, 2.75) is 25.8 Å². The van der Waals surface area contributed by atoms with Crippen LogP contribution in [0.1, 0.15) is 19.8 Å². The maximum atomic E-state index is 11.3. The highest BCUT2D eigenvalue weighted by molar-refractivity contribution is 7.99. The van der Waals surface area contributed by atoms with Crippen molar-refractivity contribution >= 4 is 21.6 Å². The third kappa shape index (κ3) is 4.33. The maximum Gasteiger partial charge on any atom is 0.150 e. The lowest BCUT2D eigenvalue weighted by molar-refractivity contribution is 0.424. The van der Waals surface area contributed by atoms with E-state index in [0.29, 0.717) is 17.7 Å². The fraction of sp³-hybridized carbons (Fsp3) is 1.00. The fourth-order valence-corrected chi connectivity index (χ4v) is 4.34. The van der Waals surface area contributed by atoms with Crippen LogP contribution in [-0.2, 0) is 9.84 Å². The Kier molecular flexibility index (Phi) is 5.43. The van der Waals surface area contributed by atoms with Crippen LogP contribution >= 0.6 is 11.8 Å². The zero-order valence-corrected chi connectivity index (χ0v) is 11.2. The van der Waals surface area contributed by atoms with Gasteiger partial charge in [-0.2, -0.15) is 11.8 Å². The summed E-state index contributed by atoms with van der Waals surface area (Å²) in [5, 5.41) is 3.31. The van der Waals surface area contributed by atoms with Gasteiger partial charge in [-0.15, -0.1) is 0 Å². The number of hydrogen-bond acceptors (Lipinski definition) is 4. The van der Waals surface area contributed by atoms with Gasteiger partial charge in [0.25, 0.3) is 0 Å². The zero-order chi connectivity index (χ0) is 11.3. The molecule has 15 heavy (non-hydrogen) atoms. The normalized spacial score (nSPS) is 27.1. The van der Waals surface area contributed by atoms with E-state index in [4.69, 9.17) is 0 Å². The Labute approximate surface area is 97.3 Å². The van der Waals surface area contributed by atoms with Crippen LogP contribution in [0.5, 0.6) is 0 Å². The van der Waals surface area contributed by atoms with Crippen molar-refractivity contribution in [3.63, 3.8) is 0 Å². The molecule has 0 aromatic heterocycles. The van der Waals surface area contributed by atoms with Gasteiger partial charge < -0.3 is 5.32 Å². The van der Waals surface area contributed by atoms with Crippen molar-refractivity contribution in [3.05, 3.63) is 0 Å². The van der Waals surface area contributed by atoms with E-state index in [0.717, 1.165) is 12.8 Å². The lowest BCUT2D eigenvalue weighted by atomic mass is 9.99. The first-order chi connectivity index (χ1) is 7.09.